The highest BCUT2D eigenvalue weighted by Crippen LogP contribution is 2.37. The first-order valence-corrected chi connectivity index (χ1v) is 11.0. The minimum atomic E-state index is -0.122. The summed E-state index contributed by atoms with van der Waals surface area (Å²) in [5.41, 5.74) is 0. The Labute approximate surface area is 163 Å². The number of nitrogens with one attached hydrogen (secondary N) is 1. The molecule has 3 aliphatic rings. The van der Waals surface area contributed by atoms with Crippen LogP contribution in [0.1, 0.15) is 71.1 Å². The van der Waals surface area contributed by atoms with Gasteiger partial charge in [-0.2, -0.15) is 0 Å². The number of carbonyl (C=O) groups excluding carboxylic acids is 3. The molecule has 27 heavy (non-hydrogen) atoms. The average Bonchev–Trinajstić information content (AvgIpc) is 2.94. The molecule has 1 saturated carbocycles. The maximum atomic E-state index is 12.5. The number of hydrogen-bond donors (Lipinski definition) is 1. The summed E-state index contributed by atoms with van der Waals surface area (Å²) in [6.07, 6.45) is 9.93. The fourth-order valence-corrected chi connectivity index (χ4v) is 4.93. The van der Waals surface area contributed by atoms with E-state index >= 15 is 0 Å². The summed E-state index contributed by atoms with van der Waals surface area (Å²) in [5, 5.41) is 3.05. The van der Waals surface area contributed by atoms with Crippen LogP contribution in [0.15, 0.2) is 0 Å². The van der Waals surface area contributed by atoms with Crippen LogP contribution in [0.2, 0.25) is 0 Å². The summed E-state index contributed by atoms with van der Waals surface area (Å²) >= 11 is 0. The van der Waals surface area contributed by atoms with Crippen molar-refractivity contribution in [3.8, 4) is 0 Å². The summed E-state index contributed by atoms with van der Waals surface area (Å²) in [5.74, 6) is -0.384. The van der Waals surface area contributed by atoms with Crippen LogP contribution in [0.25, 0.3) is 0 Å². The van der Waals surface area contributed by atoms with Gasteiger partial charge >= 0.3 is 0 Å². The molecule has 0 radical (unpaired) electrons. The molecule has 0 aromatic carbocycles. The summed E-state index contributed by atoms with van der Waals surface area (Å²) in [7, 11) is 0. The van der Waals surface area contributed by atoms with E-state index in [1.54, 1.807) is 0 Å². The molecule has 0 spiro atoms. The van der Waals surface area contributed by atoms with E-state index in [-0.39, 0.29) is 42.5 Å². The van der Waals surface area contributed by atoms with Gasteiger partial charge in [0, 0.05) is 25.6 Å². The lowest BCUT2D eigenvalue weighted by molar-refractivity contribution is -0.140. The molecule has 0 bridgehead atoms. The van der Waals surface area contributed by atoms with E-state index in [9.17, 15) is 14.4 Å². The van der Waals surface area contributed by atoms with Crippen molar-refractivity contribution in [2.24, 2.45) is 11.8 Å². The molecule has 152 valence electrons. The van der Waals surface area contributed by atoms with Gasteiger partial charge in [-0.15, -0.1) is 0 Å². The molecule has 1 aliphatic carbocycles. The number of piperidine rings is 1. The third kappa shape index (κ3) is 4.89. The van der Waals surface area contributed by atoms with Crippen molar-refractivity contribution in [3.63, 3.8) is 0 Å². The Morgan fingerprint density at radius 3 is 2.33 bits per heavy atom. The molecule has 6 nitrogen and oxygen atoms in total. The van der Waals surface area contributed by atoms with Crippen LogP contribution in [-0.2, 0) is 14.4 Å². The van der Waals surface area contributed by atoms with E-state index in [0.717, 1.165) is 45.2 Å². The summed E-state index contributed by atoms with van der Waals surface area (Å²) in [6, 6.07) is 0.423. The third-order valence-corrected chi connectivity index (χ3v) is 6.58. The zero-order valence-corrected chi connectivity index (χ0v) is 16.8. The molecule has 2 saturated heterocycles. The second-order valence-corrected chi connectivity index (χ2v) is 8.42. The first-order chi connectivity index (χ1) is 13.1. The lowest BCUT2D eigenvalue weighted by atomic mass is 9.81. The van der Waals surface area contributed by atoms with Gasteiger partial charge in [0.25, 0.3) is 0 Å². The van der Waals surface area contributed by atoms with Gasteiger partial charge in [0.05, 0.1) is 11.8 Å². The number of fused-ring (bicyclic) bond motifs is 1. The minimum absolute atomic E-state index is 0.0458. The van der Waals surface area contributed by atoms with Gasteiger partial charge in [-0.25, -0.2) is 0 Å². The lowest BCUT2D eigenvalue weighted by Gasteiger charge is -2.35. The summed E-state index contributed by atoms with van der Waals surface area (Å²) < 4.78 is 0. The quantitative estimate of drug-likeness (QED) is 0.659. The van der Waals surface area contributed by atoms with Crippen LogP contribution in [0.4, 0.5) is 0 Å². The maximum Gasteiger partial charge on any atom is 0.233 e. The molecule has 3 rings (SSSR count). The number of rotatable bonds is 8. The van der Waals surface area contributed by atoms with E-state index in [2.05, 4.69) is 17.1 Å². The van der Waals surface area contributed by atoms with Gasteiger partial charge in [-0.1, -0.05) is 32.6 Å². The second-order valence-electron chi connectivity index (χ2n) is 8.42. The normalized spacial score (nSPS) is 29.1. The Morgan fingerprint density at radius 2 is 1.67 bits per heavy atom. The van der Waals surface area contributed by atoms with Crippen molar-refractivity contribution < 1.29 is 14.4 Å². The van der Waals surface area contributed by atoms with Crippen LogP contribution in [0.5, 0.6) is 0 Å². The largest absolute Gasteiger partial charge is 0.354 e. The Balaban J connectivity index is 1.43. The highest BCUT2D eigenvalue weighted by atomic mass is 16.2. The van der Waals surface area contributed by atoms with E-state index in [1.807, 2.05) is 0 Å². The Bertz CT molecular complexity index is 527. The fourth-order valence-electron chi connectivity index (χ4n) is 4.93. The van der Waals surface area contributed by atoms with Crippen LogP contribution in [0.3, 0.4) is 0 Å². The highest BCUT2D eigenvalue weighted by Gasteiger charge is 2.47. The zero-order valence-electron chi connectivity index (χ0n) is 16.8. The van der Waals surface area contributed by atoms with Crippen molar-refractivity contribution >= 4 is 17.7 Å². The molecule has 2 aliphatic heterocycles. The van der Waals surface area contributed by atoms with Gasteiger partial charge in [0.15, 0.2) is 0 Å². The van der Waals surface area contributed by atoms with Crippen molar-refractivity contribution in [2.45, 2.75) is 77.2 Å². The molecular formula is C21H35N3O3. The van der Waals surface area contributed by atoms with Crippen molar-refractivity contribution in [1.82, 2.24) is 15.1 Å². The smallest absolute Gasteiger partial charge is 0.233 e. The monoisotopic (exact) mass is 377 g/mol. The molecule has 0 aromatic rings. The fraction of sp³-hybridized carbons (Fsp3) is 0.857. The van der Waals surface area contributed by atoms with E-state index in [1.165, 1.54) is 30.6 Å². The standard InChI is InChI=1S/C21H35N3O3/c1-2-3-12-23-13-7-6-8-16(23)15-22-19(25)11-14-24-20(26)17-9-4-5-10-18(17)21(24)27/h16-18H,2-15H2,1H3,(H,22,25). The van der Waals surface area contributed by atoms with Gasteiger partial charge in [0.2, 0.25) is 17.7 Å². The van der Waals surface area contributed by atoms with E-state index in [4.69, 9.17) is 0 Å². The van der Waals surface area contributed by atoms with E-state index < -0.39 is 0 Å². The predicted octanol–water partition coefficient (Wildman–Crippen LogP) is 2.32. The number of nitrogens with zero attached hydrogens (tertiary/aromatic N) is 2. The van der Waals surface area contributed by atoms with Crippen LogP contribution < -0.4 is 5.32 Å². The molecule has 3 amide bonds. The topological polar surface area (TPSA) is 69.7 Å². The third-order valence-electron chi connectivity index (χ3n) is 6.58. The first kappa shape index (κ1) is 20.3. The molecule has 3 unspecified atom stereocenters. The number of imide groups is 1. The Kier molecular flexibility index (Phi) is 7.27. The molecule has 1 N–H and O–H groups in total. The van der Waals surface area contributed by atoms with Gasteiger partial charge in [-0.05, 0) is 45.2 Å². The molecule has 0 aromatic heterocycles. The van der Waals surface area contributed by atoms with Gasteiger partial charge in [-0.3, -0.25) is 24.2 Å². The van der Waals surface area contributed by atoms with Gasteiger partial charge < -0.3 is 5.32 Å². The first-order valence-electron chi connectivity index (χ1n) is 11.0. The maximum absolute atomic E-state index is 12.5. The predicted molar refractivity (Wildman–Crippen MR) is 104 cm³/mol. The lowest BCUT2D eigenvalue weighted by Crippen LogP contribution is -2.47. The van der Waals surface area contributed by atoms with Crippen LogP contribution in [-0.4, -0.2) is 59.7 Å². The highest BCUT2D eigenvalue weighted by molar-refractivity contribution is 6.05. The summed E-state index contributed by atoms with van der Waals surface area (Å²) in [4.78, 5) is 41.1. The van der Waals surface area contributed by atoms with Crippen molar-refractivity contribution in [2.75, 3.05) is 26.2 Å². The summed E-state index contributed by atoms with van der Waals surface area (Å²) in [6.45, 7) is 5.35. The van der Waals surface area contributed by atoms with Crippen molar-refractivity contribution in [1.29, 1.82) is 0 Å². The Morgan fingerprint density at radius 1 is 1.00 bits per heavy atom. The number of unbranched alkanes of at least 4 members (excludes halogenated alkanes) is 1. The van der Waals surface area contributed by atoms with E-state index in [0.29, 0.717) is 12.6 Å². The molecule has 2 heterocycles. The van der Waals surface area contributed by atoms with Gasteiger partial charge in [0.1, 0.15) is 0 Å². The van der Waals surface area contributed by atoms with Crippen molar-refractivity contribution in [3.05, 3.63) is 0 Å². The average molecular weight is 378 g/mol. The SMILES string of the molecule is CCCCN1CCCCC1CNC(=O)CCN1C(=O)C2CCCCC2C1=O. The number of likely N-dealkylation sites (tertiary alicyclic amines) is 2. The minimum Gasteiger partial charge on any atom is -0.354 e. The number of carbonyl (C=O) groups is 3. The van der Waals surface area contributed by atoms with Crippen LogP contribution >= 0.6 is 0 Å². The number of amides is 3. The number of hydrogen-bond acceptors (Lipinski definition) is 4. The Hall–Kier alpha value is -1.43. The molecular weight excluding hydrogens is 342 g/mol. The second kappa shape index (κ2) is 9.67. The molecule has 6 heteroatoms. The zero-order chi connectivity index (χ0) is 19.2. The molecule has 3 fully saturated rings. The van der Waals surface area contributed by atoms with Crippen LogP contribution in [0, 0.1) is 11.8 Å². The molecule has 3 atom stereocenters.